The number of thiophene rings is 1. The lowest BCUT2D eigenvalue weighted by Crippen LogP contribution is -2.33. The van der Waals surface area contributed by atoms with E-state index in [-0.39, 0.29) is 16.4 Å². The fraction of sp³-hybridized carbons (Fsp3) is 0.571. The summed E-state index contributed by atoms with van der Waals surface area (Å²) in [6, 6.07) is 3.08. The van der Waals surface area contributed by atoms with Crippen LogP contribution >= 0.6 is 11.3 Å². The van der Waals surface area contributed by atoms with Gasteiger partial charge >= 0.3 is 5.97 Å². The number of carboxylic acid groups (broad SMARTS) is 1. The molecule has 0 bridgehead atoms. The van der Waals surface area contributed by atoms with E-state index < -0.39 is 5.97 Å². The quantitative estimate of drug-likeness (QED) is 0.930. The molecule has 0 saturated carbocycles. The van der Waals surface area contributed by atoms with Gasteiger partial charge in [-0.2, -0.15) is 0 Å². The summed E-state index contributed by atoms with van der Waals surface area (Å²) in [5.74, 6) is -1.07. The van der Waals surface area contributed by atoms with Crippen molar-refractivity contribution in [3.05, 3.63) is 21.9 Å². The number of rotatable bonds is 3. The number of carbonyl (C=O) groups is 2. The standard InChI is InChI=1S/C14H19NO4S/c1-14(19-2)6-3-8-15(9-7-14)12(16)10-4-5-11(20-10)13(17)18/h4-5H,3,6-9H2,1-2H3,(H,17,18)/t14-/m0/s1. The zero-order chi connectivity index (χ0) is 14.8. The van der Waals surface area contributed by atoms with Crippen LogP contribution in [0.1, 0.15) is 45.5 Å². The Morgan fingerprint density at radius 1 is 1.30 bits per heavy atom. The summed E-state index contributed by atoms with van der Waals surface area (Å²) in [5, 5.41) is 8.90. The van der Waals surface area contributed by atoms with E-state index in [4.69, 9.17) is 9.84 Å². The fourth-order valence-electron chi connectivity index (χ4n) is 2.38. The van der Waals surface area contributed by atoms with Crippen LogP contribution in [0.4, 0.5) is 0 Å². The molecule has 1 saturated heterocycles. The van der Waals surface area contributed by atoms with Crippen molar-refractivity contribution in [3.8, 4) is 0 Å². The molecule has 6 heteroatoms. The van der Waals surface area contributed by atoms with Crippen molar-refractivity contribution in [2.75, 3.05) is 20.2 Å². The molecule has 0 radical (unpaired) electrons. The molecule has 1 amide bonds. The summed E-state index contributed by atoms with van der Waals surface area (Å²) in [6.07, 6.45) is 2.62. The van der Waals surface area contributed by atoms with Crippen LogP contribution in [0.25, 0.3) is 0 Å². The van der Waals surface area contributed by atoms with Gasteiger partial charge in [0.1, 0.15) is 4.88 Å². The van der Waals surface area contributed by atoms with Gasteiger partial charge < -0.3 is 14.7 Å². The second-order valence-electron chi connectivity index (χ2n) is 5.27. The molecule has 1 aromatic heterocycles. The van der Waals surface area contributed by atoms with Crippen molar-refractivity contribution in [2.45, 2.75) is 31.8 Å². The van der Waals surface area contributed by atoms with E-state index in [0.717, 1.165) is 30.6 Å². The topological polar surface area (TPSA) is 66.8 Å². The fourth-order valence-corrected chi connectivity index (χ4v) is 3.20. The summed E-state index contributed by atoms with van der Waals surface area (Å²) in [5.41, 5.74) is -0.170. The van der Waals surface area contributed by atoms with Crippen molar-refractivity contribution >= 4 is 23.2 Å². The zero-order valence-electron chi connectivity index (χ0n) is 11.7. The van der Waals surface area contributed by atoms with Gasteiger partial charge in [0.2, 0.25) is 0 Å². The lowest BCUT2D eigenvalue weighted by Gasteiger charge is -2.26. The van der Waals surface area contributed by atoms with E-state index in [1.807, 2.05) is 0 Å². The molecule has 1 aliphatic heterocycles. The molecule has 1 fully saturated rings. The highest BCUT2D eigenvalue weighted by Gasteiger charge is 2.30. The highest BCUT2D eigenvalue weighted by molar-refractivity contribution is 7.15. The maximum absolute atomic E-state index is 12.4. The highest BCUT2D eigenvalue weighted by atomic mass is 32.1. The molecule has 2 heterocycles. The number of hydrogen-bond acceptors (Lipinski definition) is 4. The highest BCUT2D eigenvalue weighted by Crippen LogP contribution is 2.27. The number of amides is 1. The number of nitrogens with zero attached hydrogens (tertiary/aromatic N) is 1. The molecule has 5 nitrogen and oxygen atoms in total. The van der Waals surface area contributed by atoms with E-state index in [9.17, 15) is 9.59 Å². The molecule has 1 aliphatic rings. The maximum atomic E-state index is 12.4. The maximum Gasteiger partial charge on any atom is 0.345 e. The van der Waals surface area contributed by atoms with Gasteiger partial charge in [0, 0.05) is 20.2 Å². The van der Waals surface area contributed by atoms with Crippen molar-refractivity contribution in [1.82, 2.24) is 4.90 Å². The molecule has 0 aliphatic carbocycles. The minimum atomic E-state index is -0.989. The van der Waals surface area contributed by atoms with Crippen molar-refractivity contribution in [2.24, 2.45) is 0 Å². The van der Waals surface area contributed by atoms with Gasteiger partial charge in [0.25, 0.3) is 5.91 Å². The minimum Gasteiger partial charge on any atom is -0.477 e. The van der Waals surface area contributed by atoms with Gasteiger partial charge in [-0.05, 0) is 38.3 Å². The summed E-state index contributed by atoms with van der Waals surface area (Å²) in [7, 11) is 1.70. The Kier molecular flexibility index (Phi) is 4.45. The van der Waals surface area contributed by atoms with Gasteiger partial charge in [0.05, 0.1) is 10.5 Å². The average Bonchev–Trinajstić information content (AvgIpc) is 2.83. The lowest BCUT2D eigenvalue weighted by atomic mass is 9.97. The molecule has 1 aromatic rings. The average molecular weight is 297 g/mol. The van der Waals surface area contributed by atoms with Gasteiger partial charge in [-0.1, -0.05) is 0 Å². The smallest absolute Gasteiger partial charge is 0.345 e. The third-order valence-corrected chi connectivity index (χ3v) is 4.91. The molecule has 110 valence electrons. The number of methoxy groups -OCH3 is 1. The summed E-state index contributed by atoms with van der Waals surface area (Å²) in [6.45, 7) is 3.40. The molecule has 1 N–H and O–H groups in total. The first-order chi connectivity index (χ1) is 9.45. The van der Waals surface area contributed by atoms with Crippen LogP contribution in [-0.4, -0.2) is 47.7 Å². The third-order valence-electron chi connectivity index (χ3n) is 3.85. The number of ether oxygens (including phenoxy) is 1. The minimum absolute atomic E-state index is 0.0807. The first-order valence-electron chi connectivity index (χ1n) is 6.63. The van der Waals surface area contributed by atoms with Crippen LogP contribution in [0.2, 0.25) is 0 Å². The van der Waals surface area contributed by atoms with Gasteiger partial charge in [0.15, 0.2) is 0 Å². The van der Waals surface area contributed by atoms with Crippen LogP contribution in [0.3, 0.4) is 0 Å². The van der Waals surface area contributed by atoms with Gasteiger partial charge in [-0.25, -0.2) is 4.79 Å². The van der Waals surface area contributed by atoms with E-state index in [1.165, 1.54) is 6.07 Å². The first kappa shape index (κ1) is 15.0. The monoisotopic (exact) mass is 297 g/mol. The molecule has 20 heavy (non-hydrogen) atoms. The van der Waals surface area contributed by atoms with Crippen LogP contribution in [0, 0.1) is 0 Å². The second-order valence-corrected chi connectivity index (χ2v) is 6.35. The number of likely N-dealkylation sites (tertiary alicyclic amines) is 1. The van der Waals surface area contributed by atoms with Crippen LogP contribution in [0.15, 0.2) is 12.1 Å². The Labute approximate surface area is 122 Å². The molecule has 0 aromatic carbocycles. The number of hydrogen-bond donors (Lipinski definition) is 1. The molecular weight excluding hydrogens is 278 g/mol. The van der Waals surface area contributed by atoms with Crippen molar-refractivity contribution in [1.29, 1.82) is 0 Å². The summed E-state index contributed by atoms with van der Waals surface area (Å²) in [4.78, 5) is 25.7. The van der Waals surface area contributed by atoms with Crippen molar-refractivity contribution < 1.29 is 19.4 Å². The Morgan fingerprint density at radius 2 is 2.00 bits per heavy atom. The van der Waals surface area contributed by atoms with Gasteiger partial charge in [-0.15, -0.1) is 11.3 Å². The first-order valence-corrected chi connectivity index (χ1v) is 7.44. The molecule has 0 unspecified atom stereocenters. The van der Waals surface area contributed by atoms with E-state index in [2.05, 4.69) is 6.92 Å². The van der Waals surface area contributed by atoms with Crippen LogP contribution < -0.4 is 0 Å². The SMILES string of the molecule is CO[C@@]1(C)CCCN(C(=O)c2ccc(C(=O)O)s2)CC1. The Bertz CT molecular complexity index is 513. The predicted octanol–water partition coefficient (Wildman–Crippen LogP) is 2.48. The van der Waals surface area contributed by atoms with E-state index in [0.29, 0.717) is 18.0 Å². The largest absolute Gasteiger partial charge is 0.477 e. The number of carbonyl (C=O) groups excluding carboxylic acids is 1. The Morgan fingerprint density at radius 3 is 2.60 bits per heavy atom. The third kappa shape index (κ3) is 3.19. The Balaban J connectivity index is 2.07. The lowest BCUT2D eigenvalue weighted by molar-refractivity contribution is -0.00536. The second kappa shape index (κ2) is 5.93. The van der Waals surface area contributed by atoms with E-state index >= 15 is 0 Å². The molecular formula is C14H19NO4S. The number of aromatic carboxylic acids is 1. The van der Waals surface area contributed by atoms with E-state index in [1.54, 1.807) is 18.1 Å². The predicted molar refractivity (Wildman–Crippen MR) is 76.4 cm³/mol. The molecule has 1 atom stereocenters. The molecule has 0 spiro atoms. The van der Waals surface area contributed by atoms with Crippen LogP contribution in [-0.2, 0) is 4.74 Å². The normalized spacial score (nSPS) is 23.4. The van der Waals surface area contributed by atoms with Gasteiger partial charge in [-0.3, -0.25) is 4.79 Å². The zero-order valence-corrected chi connectivity index (χ0v) is 12.5. The molecule has 2 rings (SSSR count). The Hall–Kier alpha value is -1.40. The summed E-state index contributed by atoms with van der Waals surface area (Å²) >= 11 is 1.03. The number of carboxylic acids is 1. The summed E-state index contributed by atoms with van der Waals surface area (Å²) < 4.78 is 5.51. The van der Waals surface area contributed by atoms with Crippen LogP contribution in [0.5, 0.6) is 0 Å². The van der Waals surface area contributed by atoms with Crippen molar-refractivity contribution in [3.63, 3.8) is 0 Å².